The number of unbranched alkanes of at least 4 members (excludes halogenated alkanes) is 3. The minimum Gasteiger partial charge on any atom is -0.508 e. The molecule has 1 aromatic rings. The van der Waals surface area contributed by atoms with Crippen LogP contribution in [0.2, 0.25) is 0 Å². The van der Waals surface area contributed by atoms with Crippen LogP contribution >= 0.6 is 23.5 Å². The molecular formula is C24H36O3S2. The van der Waals surface area contributed by atoms with Gasteiger partial charge in [0, 0.05) is 17.1 Å². The van der Waals surface area contributed by atoms with Gasteiger partial charge in [0.1, 0.15) is 11.5 Å². The lowest BCUT2D eigenvalue weighted by Crippen LogP contribution is -2.57. The first kappa shape index (κ1) is 21.7. The third-order valence-electron chi connectivity index (χ3n) is 7.92. The number of phenols is 2. The monoisotopic (exact) mass is 436 g/mol. The average Bonchev–Trinajstić information content (AvgIpc) is 3.14. The van der Waals surface area contributed by atoms with Crippen molar-refractivity contribution in [3.63, 3.8) is 0 Å². The predicted molar refractivity (Wildman–Crippen MR) is 124 cm³/mol. The summed E-state index contributed by atoms with van der Waals surface area (Å²) in [6, 6.07) is 3.84. The van der Waals surface area contributed by atoms with Crippen LogP contribution in [0.5, 0.6) is 11.5 Å². The van der Waals surface area contributed by atoms with Crippen molar-refractivity contribution in [2.24, 2.45) is 17.3 Å². The first-order valence-corrected chi connectivity index (χ1v) is 13.3. The Morgan fingerprint density at radius 3 is 2.17 bits per heavy atom. The van der Waals surface area contributed by atoms with Gasteiger partial charge in [0.15, 0.2) is 0 Å². The highest BCUT2D eigenvalue weighted by molar-refractivity contribution is 8.20. The Kier molecular flexibility index (Phi) is 6.14. The van der Waals surface area contributed by atoms with Crippen LogP contribution in [-0.4, -0.2) is 32.9 Å². The summed E-state index contributed by atoms with van der Waals surface area (Å²) in [5.74, 6) is 3.48. The van der Waals surface area contributed by atoms with E-state index in [-0.39, 0.29) is 33.0 Å². The number of thioether (sulfide) groups is 2. The number of hydrogen-bond acceptors (Lipinski definition) is 5. The fourth-order valence-corrected chi connectivity index (χ4v) is 9.46. The average molecular weight is 437 g/mol. The largest absolute Gasteiger partial charge is 0.508 e. The third-order valence-corrected chi connectivity index (χ3v) is 11.5. The second kappa shape index (κ2) is 8.20. The molecule has 0 amide bonds. The van der Waals surface area contributed by atoms with E-state index in [4.69, 9.17) is 0 Å². The van der Waals surface area contributed by atoms with Gasteiger partial charge in [0.25, 0.3) is 0 Å². The molecule has 0 aromatic heterocycles. The van der Waals surface area contributed by atoms with Crippen molar-refractivity contribution in [1.29, 1.82) is 0 Å². The van der Waals surface area contributed by atoms with E-state index in [1.54, 1.807) is 0 Å². The summed E-state index contributed by atoms with van der Waals surface area (Å²) in [5.41, 5.74) is 1.79. The zero-order chi connectivity index (χ0) is 20.8. The molecule has 1 saturated heterocycles. The molecule has 1 heterocycles. The molecular weight excluding hydrogens is 400 g/mol. The minimum absolute atomic E-state index is 0.0310. The normalized spacial score (nSPS) is 32.1. The second-order valence-electron chi connectivity index (χ2n) is 9.87. The van der Waals surface area contributed by atoms with Crippen LogP contribution in [0.3, 0.4) is 0 Å². The van der Waals surface area contributed by atoms with Gasteiger partial charge in [-0.05, 0) is 60.1 Å². The Morgan fingerprint density at radius 1 is 0.966 bits per heavy atom. The Balaban J connectivity index is 1.61. The smallest absolute Gasteiger partial charge is 0.123 e. The van der Waals surface area contributed by atoms with E-state index < -0.39 is 0 Å². The maximum absolute atomic E-state index is 11.0. The molecule has 2 bridgehead atoms. The van der Waals surface area contributed by atoms with Crippen molar-refractivity contribution in [1.82, 2.24) is 0 Å². The maximum Gasteiger partial charge on any atom is 0.123 e. The summed E-state index contributed by atoms with van der Waals surface area (Å²) in [4.78, 5) is 0. The lowest BCUT2D eigenvalue weighted by molar-refractivity contribution is -0.152. The van der Waals surface area contributed by atoms with Crippen LogP contribution in [0.15, 0.2) is 12.1 Å². The molecule has 1 aromatic carbocycles. The number of hydrogen-bond donors (Lipinski definition) is 3. The summed E-state index contributed by atoms with van der Waals surface area (Å²) in [7, 11) is 0. The van der Waals surface area contributed by atoms with Crippen LogP contribution in [-0.2, 0) is 4.08 Å². The van der Waals surface area contributed by atoms with Crippen molar-refractivity contribution < 1.29 is 15.3 Å². The summed E-state index contributed by atoms with van der Waals surface area (Å²) in [6.45, 7) is 6.68. The van der Waals surface area contributed by atoms with Gasteiger partial charge in [0.05, 0.1) is 10.2 Å². The molecule has 3 saturated carbocycles. The first-order chi connectivity index (χ1) is 13.8. The Morgan fingerprint density at radius 2 is 1.62 bits per heavy atom. The van der Waals surface area contributed by atoms with Crippen LogP contribution in [0.1, 0.15) is 82.8 Å². The van der Waals surface area contributed by atoms with E-state index in [1.807, 2.05) is 35.7 Å². The van der Waals surface area contributed by atoms with E-state index in [1.165, 1.54) is 25.7 Å². The predicted octanol–water partition coefficient (Wildman–Crippen LogP) is 6.21. The van der Waals surface area contributed by atoms with Gasteiger partial charge in [-0.1, -0.05) is 46.5 Å². The lowest BCUT2D eigenvalue weighted by atomic mass is 9.44. The number of benzene rings is 1. The summed E-state index contributed by atoms with van der Waals surface area (Å²) < 4.78 is -0.0475. The molecule has 4 fully saturated rings. The number of phenolic OH excluding ortho intramolecular Hbond substituents is 2. The zero-order valence-electron chi connectivity index (χ0n) is 18.0. The first-order valence-electron chi connectivity index (χ1n) is 11.3. The number of aliphatic hydroxyl groups is 1. The number of fused-ring (bicyclic) bond motifs is 2. The molecule has 5 rings (SSSR count). The van der Waals surface area contributed by atoms with Crippen molar-refractivity contribution in [2.45, 2.75) is 81.8 Å². The third kappa shape index (κ3) is 3.70. The molecule has 29 heavy (non-hydrogen) atoms. The molecule has 3 nitrogen and oxygen atoms in total. The van der Waals surface area contributed by atoms with Crippen LogP contribution in [0.25, 0.3) is 0 Å². The zero-order valence-corrected chi connectivity index (χ0v) is 19.6. The van der Waals surface area contributed by atoms with Gasteiger partial charge < -0.3 is 15.3 Å². The van der Waals surface area contributed by atoms with Gasteiger partial charge in [0.2, 0.25) is 0 Å². The highest BCUT2D eigenvalue weighted by atomic mass is 32.2. The maximum atomic E-state index is 11.0. The van der Waals surface area contributed by atoms with E-state index >= 15 is 0 Å². The van der Waals surface area contributed by atoms with Crippen LogP contribution < -0.4 is 0 Å². The summed E-state index contributed by atoms with van der Waals surface area (Å²) in [6.07, 6.45) is 7.30. The lowest BCUT2D eigenvalue weighted by Gasteiger charge is -2.62. The fourth-order valence-electron chi connectivity index (χ4n) is 6.16. The van der Waals surface area contributed by atoms with Crippen LogP contribution in [0.4, 0.5) is 0 Å². The van der Waals surface area contributed by atoms with E-state index in [2.05, 4.69) is 20.8 Å². The number of rotatable bonds is 7. The molecule has 0 radical (unpaired) electrons. The Bertz CT molecular complexity index is 719. The molecule has 3 aliphatic carbocycles. The molecule has 5 heteroatoms. The van der Waals surface area contributed by atoms with Gasteiger partial charge in [-0.3, -0.25) is 0 Å². The second-order valence-corrected chi connectivity index (χ2v) is 12.9. The molecule has 1 aliphatic heterocycles. The van der Waals surface area contributed by atoms with Gasteiger partial charge in [-0.15, -0.1) is 23.5 Å². The van der Waals surface area contributed by atoms with Crippen molar-refractivity contribution in [3.8, 4) is 11.5 Å². The number of aromatic hydroxyl groups is 2. The van der Waals surface area contributed by atoms with E-state index in [0.717, 1.165) is 29.9 Å². The number of aliphatic hydroxyl groups excluding tert-OH is 1. The van der Waals surface area contributed by atoms with E-state index in [0.29, 0.717) is 23.8 Å². The van der Waals surface area contributed by atoms with Gasteiger partial charge in [-0.2, -0.15) is 0 Å². The molecule has 1 unspecified atom stereocenters. The topological polar surface area (TPSA) is 60.7 Å². The quantitative estimate of drug-likeness (QED) is 0.444. The highest BCUT2D eigenvalue weighted by Gasteiger charge is 2.59. The van der Waals surface area contributed by atoms with E-state index in [9.17, 15) is 15.3 Å². The Labute approximate surface area is 184 Å². The van der Waals surface area contributed by atoms with Gasteiger partial charge >= 0.3 is 0 Å². The van der Waals surface area contributed by atoms with Crippen molar-refractivity contribution in [2.75, 3.05) is 11.5 Å². The SMILES string of the molecule is CCCCCCC1(c2cc(O)c([C@@H]3CC(O)[C@H]4C[C@@H]3C4(C)C)c(O)c2)SCCS1. The minimum atomic E-state index is -0.343. The fraction of sp³-hybridized carbons (Fsp3) is 0.750. The van der Waals surface area contributed by atoms with Crippen molar-refractivity contribution in [3.05, 3.63) is 23.3 Å². The molecule has 3 N–H and O–H groups in total. The standard InChI is InChI=1S/C24H36O3S2/c1-4-5-6-7-8-24(28-9-10-29-24)15-11-20(26)22(21(27)12-15)16-13-19(25)18-14-17(16)23(18,2)3/h11-12,16-19,25-27H,4-10,13-14H2,1-3H3/t16-,17+,18-,19?/m1/s1. The highest BCUT2D eigenvalue weighted by Crippen LogP contribution is 2.66. The summed E-state index contributed by atoms with van der Waals surface area (Å²) in [5, 5.41) is 32.7. The molecule has 4 aliphatic rings. The molecule has 162 valence electrons. The van der Waals surface area contributed by atoms with Crippen LogP contribution in [0, 0.1) is 17.3 Å². The Hall–Kier alpha value is -0.520. The summed E-state index contributed by atoms with van der Waals surface area (Å²) >= 11 is 3.94. The molecule has 4 atom stereocenters. The van der Waals surface area contributed by atoms with Crippen molar-refractivity contribution >= 4 is 23.5 Å². The van der Waals surface area contributed by atoms with Gasteiger partial charge in [-0.25, -0.2) is 0 Å². The molecule has 0 spiro atoms.